The normalized spacial score (nSPS) is 13.8. The minimum absolute atomic E-state index is 0.0792. The zero-order valence-electron chi connectivity index (χ0n) is 11.2. The molecular formula is C16H11BrFNO2. The van der Waals surface area contributed by atoms with Crippen LogP contribution < -0.4 is 4.90 Å². The molecule has 0 aromatic heterocycles. The highest BCUT2D eigenvalue weighted by Gasteiger charge is 2.38. The summed E-state index contributed by atoms with van der Waals surface area (Å²) >= 11 is 3.35. The van der Waals surface area contributed by atoms with Gasteiger partial charge in [-0.1, -0.05) is 28.1 Å². The van der Waals surface area contributed by atoms with Gasteiger partial charge >= 0.3 is 0 Å². The maximum Gasteiger partial charge on any atom is 0.299 e. The molecule has 21 heavy (non-hydrogen) atoms. The van der Waals surface area contributed by atoms with E-state index in [-0.39, 0.29) is 17.8 Å². The van der Waals surface area contributed by atoms with Crippen molar-refractivity contribution in [2.75, 3.05) is 4.90 Å². The van der Waals surface area contributed by atoms with Crippen LogP contribution in [-0.4, -0.2) is 11.7 Å². The van der Waals surface area contributed by atoms with Crippen molar-refractivity contribution in [1.82, 2.24) is 0 Å². The fraction of sp³-hybridized carbons (Fsp3) is 0.125. The number of nitrogens with zero attached hydrogens (tertiary/aromatic N) is 1. The fourth-order valence-corrected chi connectivity index (χ4v) is 2.94. The zero-order valence-corrected chi connectivity index (χ0v) is 12.8. The van der Waals surface area contributed by atoms with Gasteiger partial charge in [-0.3, -0.25) is 14.5 Å². The van der Waals surface area contributed by atoms with Gasteiger partial charge in [0, 0.05) is 4.47 Å². The quantitative estimate of drug-likeness (QED) is 0.778. The van der Waals surface area contributed by atoms with Gasteiger partial charge in [-0.2, -0.15) is 0 Å². The van der Waals surface area contributed by atoms with Crippen molar-refractivity contribution in [2.24, 2.45) is 0 Å². The summed E-state index contributed by atoms with van der Waals surface area (Å²) < 4.78 is 15.0. The number of aryl methyl sites for hydroxylation is 1. The van der Waals surface area contributed by atoms with Crippen molar-refractivity contribution in [3.05, 3.63) is 63.4 Å². The molecule has 106 valence electrons. The van der Waals surface area contributed by atoms with E-state index in [0.29, 0.717) is 5.56 Å². The standard InChI is InChI=1S/C16H11BrFNO2/c1-9-5-12-14(13(18)6-9)19(16(21)15(12)20)8-10-3-2-4-11(17)7-10/h2-7H,8H2,1H3. The highest BCUT2D eigenvalue weighted by Crippen LogP contribution is 2.34. The van der Waals surface area contributed by atoms with Gasteiger partial charge in [-0.15, -0.1) is 0 Å². The molecule has 2 aromatic carbocycles. The first kappa shape index (κ1) is 13.9. The minimum atomic E-state index is -0.686. The van der Waals surface area contributed by atoms with Crippen LogP contribution in [0.2, 0.25) is 0 Å². The van der Waals surface area contributed by atoms with E-state index in [1.54, 1.807) is 13.0 Å². The first-order valence-corrected chi connectivity index (χ1v) is 7.17. The van der Waals surface area contributed by atoms with E-state index >= 15 is 0 Å². The molecule has 0 unspecified atom stereocenters. The second kappa shape index (κ2) is 5.07. The monoisotopic (exact) mass is 347 g/mol. The van der Waals surface area contributed by atoms with Crippen LogP contribution >= 0.6 is 15.9 Å². The van der Waals surface area contributed by atoms with Crippen molar-refractivity contribution >= 4 is 33.3 Å². The molecule has 1 aliphatic rings. The largest absolute Gasteiger partial charge is 0.299 e. The molecule has 0 saturated heterocycles. The number of rotatable bonds is 2. The lowest BCUT2D eigenvalue weighted by atomic mass is 10.1. The summed E-state index contributed by atoms with van der Waals surface area (Å²) in [5.74, 6) is -1.88. The predicted octanol–water partition coefficient (Wildman–Crippen LogP) is 3.63. The minimum Gasteiger partial charge on any atom is -0.298 e. The molecule has 1 heterocycles. The van der Waals surface area contributed by atoms with Gasteiger partial charge in [0.1, 0.15) is 5.82 Å². The second-order valence-corrected chi connectivity index (χ2v) is 5.91. The van der Waals surface area contributed by atoms with Gasteiger partial charge in [0.15, 0.2) is 0 Å². The van der Waals surface area contributed by atoms with Gasteiger partial charge in [0.25, 0.3) is 11.7 Å². The fourth-order valence-electron chi connectivity index (χ4n) is 2.49. The molecule has 2 aromatic rings. The van der Waals surface area contributed by atoms with Crippen molar-refractivity contribution in [3.63, 3.8) is 0 Å². The number of benzene rings is 2. The lowest BCUT2D eigenvalue weighted by Gasteiger charge is -2.17. The Labute approximate surface area is 129 Å². The number of anilines is 1. The summed E-state index contributed by atoms with van der Waals surface area (Å²) in [4.78, 5) is 25.3. The number of hydrogen-bond acceptors (Lipinski definition) is 2. The van der Waals surface area contributed by atoms with Crippen molar-refractivity contribution < 1.29 is 14.0 Å². The number of ketones is 1. The molecule has 0 bridgehead atoms. The third kappa shape index (κ3) is 2.38. The highest BCUT2D eigenvalue weighted by atomic mass is 79.9. The summed E-state index contributed by atoms with van der Waals surface area (Å²) in [5, 5.41) is 0. The number of fused-ring (bicyclic) bond motifs is 1. The smallest absolute Gasteiger partial charge is 0.298 e. The Morgan fingerprint density at radius 2 is 1.95 bits per heavy atom. The summed E-state index contributed by atoms with van der Waals surface area (Å²) in [6.45, 7) is 1.86. The van der Waals surface area contributed by atoms with Gasteiger partial charge < -0.3 is 0 Å². The van der Waals surface area contributed by atoms with Crippen molar-refractivity contribution in [2.45, 2.75) is 13.5 Å². The lowest BCUT2D eigenvalue weighted by molar-refractivity contribution is -0.114. The molecule has 0 radical (unpaired) electrons. The van der Waals surface area contributed by atoms with Crippen LogP contribution in [0.15, 0.2) is 40.9 Å². The Kier molecular flexibility index (Phi) is 3.37. The molecule has 3 rings (SSSR count). The number of carbonyl (C=O) groups is 2. The molecule has 0 spiro atoms. The average molecular weight is 348 g/mol. The Balaban J connectivity index is 2.05. The summed E-state index contributed by atoms with van der Waals surface area (Å²) in [5.41, 5.74) is 1.66. The van der Waals surface area contributed by atoms with Crippen LogP contribution in [0.5, 0.6) is 0 Å². The van der Waals surface area contributed by atoms with Gasteiger partial charge in [-0.05, 0) is 42.3 Å². The Morgan fingerprint density at radius 1 is 1.19 bits per heavy atom. The highest BCUT2D eigenvalue weighted by molar-refractivity contribution is 9.10. The van der Waals surface area contributed by atoms with E-state index in [9.17, 15) is 14.0 Å². The first-order valence-electron chi connectivity index (χ1n) is 6.38. The van der Waals surface area contributed by atoms with Gasteiger partial charge in [0.05, 0.1) is 17.8 Å². The third-order valence-corrected chi connectivity index (χ3v) is 3.88. The molecule has 0 atom stereocenters. The number of carbonyl (C=O) groups excluding carboxylic acids is 2. The average Bonchev–Trinajstić information content (AvgIpc) is 2.64. The number of Topliss-reactive ketones (excluding diaryl/α,β-unsaturated/α-hetero) is 1. The first-order chi connectivity index (χ1) is 9.97. The van der Waals surface area contributed by atoms with Gasteiger partial charge in [-0.25, -0.2) is 4.39 Å². The van der Waals surface area contributed by atoms with E-state index in [2.05, 4.69) is 15.9 Å². The van der Waals surface area contributed by atoms with Gasteiger partial charge in [0.2, 0.25) is 0 Å². The van der Waals surface area contributed by atoms with E-state index in [0.717, 1.165) is 10.0 Å². The van der Waals surface area contributed by atoms with Crippen molar-refractivity contribution in [3.8, 4) is 0 Å². The number of halogens is 2. The Morgan fingerprint density at radius 3 is 2.67 bits per heavy atom. The maximum atomic E-state index is 14.2. The van der Waals surface area contributed by atoms with Crippen LogP contribution in [0.25, 0.3) is 0 Å². The number of amides is 1. The van der Waals surface area contributed by atoms with E-state index in [4.69, 9.17) is 0 Å². The maximum absolute atomic E-state index is 14.2. The second-order valence-electron chi connectivity index (χ2n) is 4.99. The lowest BCUT2D eigenvalue weighted by Crippen LogP contribution is -2.29. The Hall–Kier alpha value is -2.01. The molecule has 0 fully saturated rings. The Bertz CT molecular complexity index is 773. The summed E-state index contributed by atoms with van der Waals surface area (Å²) in [7, 11) is 0. The molecule has 1 aliphatic heterocycles. The molecule has 0 N–H and O–H groups in total. The summed E-state index contributed by atoms with van der Waals surface area (Å²) in [6.07, 6.45) is 0. The third-order valence-electron chi connectivity index (χ3n) is 3.39. The SMILES string of the molecule is Cc1cc(F)c2c(c1)C(=O)C(=O)N2Cc1cccc(Br)c1. The zero-order chi connectivity index (χ0) is 15.1. The topological polar surface area (TPSA) is 37.4 Å². The van der Waals surface area contributed by atoms with E-state index in [1.165, 1.54) is 11.0 Å². The molecule has 5 heteroatoms. The molecule has 0 saturated carbocycles. The van der Waals surface area contributed by atoms with Crippen LogP contribution in [0.4, 0.5) is 10.1 Å². The molecular weight excluding hydrogens is 337 g/mol. The van der Waals surface area contributed by atoms with Crippen LogP contribution in [0.3, 0.4) is 0 Å². The molecule has 1 amide bonds. The number of hydrogen-bond donors (Lipinski definition) is 0. The predicted molar refractivity (Wildman–Crippen MR) is 80.8 cm³/mol. The molecule has 0 aliphatic carbocycles. The van der Waals surface area contributed by atoms with Crippen LogP contribution in [0, 0.1) is 12.7 Å². The van der Waals surface area contributed by atoms with Crippen molar-refractivity contribution in [1.29, 1.82) is 0 Å². The van der Waals surface area contributed by atoms with E-state index in [1.807, 2.05) is 24.3 Å². The van der Waals surface area contributed by atoms with Crippen LogP contribution in [0.1, 0.15) is 21.5 Å². The van der Waals surface area contributed by atoms with Crippen LogP contribution in [-0.2, 0) is 11.3 Å². The van der Waals surface area contributed by atoms with E-state index < -0.39 is 17.5 Å². The molecule has 3 nitrogen and oxygen atoms in total. The summed E-state index contributed by atoms with van der Waals surface area (Å²) in [6, 6.07) is 10.2.